The van der Waals surface area contributed by atoms with Gasteiger partial charge in [-0.1, -0.05) is 17.3 Å². The highest BCUT2D eigenvalue weighted by Gasteiger charge is 2.14. The van der Waals surface area contributed by atoms with E-state index < -0.39 is 0 Å². The molecule has 0 bridgehead atoms. The van der Waals surface area contributed by atoms with Crippen LogP contribution in [0.1, 0.15) is 11.4 Å². The fraction of sp³-hybridized carbons (Fsp3) is 0.143. The van der Waals surface area contributed by atoms with Gasteiger partial charge in [-0.2, -0.15) is 4.98 Å². The molecule has 108 valence electrons. The van der Waals surface area contributed by atoms with Gasteiger partial charge in [0.15, 0.2) is 5.82 Å². The number of aromatic nitrogens is 2. The summed E-state index contributed by atoms with van der Waals surface area (Å²) in [5, 5.41) is 4.64. The van der Waals surface area contributed by atoms with E-state index in [2.05, 4.69) is 10.1 Å². The Labute approximate surface area is 129 Å². The van der Waals surface area contributed by atoms with Crippen LogP contribution in [-0.2, 0) is 5.75 Å². The molecule has 0 aliphatic carbocycles. The van der Waals surface area contributed by atoms with E-state index in [9.17, 15) is 4.39 Å². The highest BCUT2D eigenvalue weighted by molar-refractivity contribution is 7.98. The van der Waals surface area contributed by atoms with Crippen molar-refractivity contribution in [2.75, 3.05) is 5.73 Å². The highest BCUT2D eigenvalue weighted by atomic mass is 32.2. The molecule has 0 saturated carbocycles. The van der Waals surface area contributed by atoms with Crippen molar-refractivity contribution in [3.8, 4) is 10.8 Å². The smallest absolute Gasteiger partial charge is 0.268 e. The van der Waals surface area contributed by atoms with Gasteiger partial charge in [-0.3, -0.25) is 0 Å². The Balaban J connectivity index is 1.74. The fourth-order valence-electron chi connectivity index (χ4n) is 1.83. The summed E-state index contributed by atoms with van der Waals surface area (Å²) in [5.74, 6) is 1.20. The summed E-state index contributed by atoms with van der Waals surface area (Å²) >= 11 is 2.75. The second-order valence-electron chi connectivity index (χ2n) is 4.40. The van der Waals surface area contributed by atoms with E-state index in [1.165, 1.54) is 29.2 Å². The maximum Gasteiger partial charge on any atom is 0.268 e. The van der Waals surface area contributed by atoms with Gasteiger partial charge in [-0.05, 0) is 30.7 Å². The molecular weight excluding hydrogens is 309 g/mol. The molecule has 0 aliphatic rings. The van der Waals surface area contributed by atoms with E-state index in [-0.39, 0.29) is 5.82 Å². The SMILES string of the molecule is Cc1cc(N)sc1-c1nc(CSc2ccccc2F)no1. The first-order valence-corrected chi connectivity index (χ1v) is 8.00. The summed E-state index contributed by atoms with van der Waals surface area (Å²) in [5.41, 5.74) is 6.77. The van der Waals surface area contributed by atoms with Crippen molar-refractivity contribution >= 4 is 28.1 Å². The van der Waals surface area contributed by atoms with Gasteiger partial charge in [0.2, 0.25) is 0 Å². The van der Waals surface area contributed by atoms with Crippen molar-refractivity contribution in [1.29, 1.82) is 0 Å². The summed E-state index contributed by atoms with van der Waals surface area (Å²) in [6.07, 6.45) is 0. The molecule has 0 spiro atoms. The molecular formula is C14H12FN3OS2. The normalized spacial score (nSPS) is 11.0. The molecule has 2 aromatic heterocycles. The van der Waals surface area contributed by atoms with Crippen molar-refractivity contribution < 1.29 is 8.91 Å². The van der Waals surface area contributed by atoms with Gasteiger partial charge < -0.3 is 10.3 Å². The second-order valence-corrected chi connectivity index (χ2v) is 6.50. The molecule has 0 atom stereocenters. The van der Waals surface area contributed by atoms with Crippen molar-refractivity contribution in [2.45, 2.75) is 17.6 Å². The lowest BCUT2D eigenvalue weighted by molar-refractivity contribution is 0.426. The number of nitrogens with two attached hydrogens (primary N) is 1. The number of halogens is 1. The number of nitrogen functional groups attached to an aromatic ring is 1. The van der Waals surface area contributed by atoms with Crippen LogP contribution in [-0.4, -0.2) is 10.1 Å². The van der Waals surface area contributed by atoms with Crippen molar-refractivity contribution in [2.24, 2.45) is 0 Å². The average molecular weight is 321 g/mol. The summed E-state index contributed by atoms with van der Waals surface area (Å²) in [7, 11) is 0. The molecule has 0 saturated heterocycles. The van der Waals surface area contributed by atoms with Crippen LogP contribution in [0, 0.1) is 12.7 Å². The van der Waals surface area contributed by atoms with Crippen LogP contribution in [0.4, 0.5) is 9.39 Å². The van der Waals surface area contributed by atoms with Gasteiger partial charge in [0.25, 0.3) is 5.89 Å². The Bertz CT molecular complexity index is 769. The Morgan fingerprint density at radius 2 is 2.19 bits per heavy atom. The molecule has 21 heavy (non-hydrogen) atoms. The molecule has 0 amide bonds. The maximum atomic E-state index is 13.5. The van der Waals surface area contributed by atoms with Crippen LogP contribution >= 0.6 is 23.1 Å². The minimum absolute atomic E-state index is 0.243. The van der Waals surface area contributed by atoms with Gasteiger partial charge in [-0.25, -0.2) is 4.39 Å². The minimum Gasteiger partial charge on any atom is -0.391 e. The zero-order valence-electron chi connectivity index (χ0n) is 11.2. The molecule has 3 aromatic rings. The van der Waals surface area contributed by atoms with Gasteiger partial charge in [0.1, 0.15) is 5.82 Å². The number of nitrogens with zero attached hydrogens (tertiary/aromatic N) is 2. The van der Waals surface area contributed by atoms with E-state index in [0.717, 1.165) is 10.4 Å². The van der Waals surface area contributed by atoms with E-state index in [0.29, 0.717) is 27.4 Å². The van der Waals surface area contributed by atoms with Gasteiger partial charge in [0.05, 0.1) is 15.6 Å². The minimum atomic E-state index is -0.243. The van der Waals surface area contributed by atoms with Crippen LogP contribution in [0.15, 0.2) is 39.8 Å². The van der Waals surface area contributed by atoms with Crippen LogP contribution in [0.3, 0.4) is 0 Å². The third-order valence-electron chi connectivity index (χ3n) is 2.79. The number of rotatable bonds is 4. The number of thiophene rings is 1. The largest absolute Gasteiger partial charge is 0.391 e. The van der Waals surface area contributed by atoms with Crippen LogP contribution < -0.4 is 5.73 Å². The Morgan fingerprint density at radius 1 is 1.38 bits per heavy atom. The van der Waals surface area contributed by atoms with Crippen LogP contribution in [0.25, 0.3) is 10.8 Å². The highest BCUT2D eigenvalue weighted by Crippen LogP contribution is 2.33. The van der Waals surface area contributed by atoms with Crippen LogP contribution in [0.5, 0.6) is 0 Å². The number of aryl methyl sites for hydroxylation is 1. The third-order valence-corrected chi connectivity index (χ3v) is 4.89. The van der Waals surface area contributed by atoms with Gasteiger partial charge >= 0.3 is 0 Å². The van der Waals surface area contributed by atoms with Gasteiger partial charge in [-0.15, -0.1) is 23.1 Å². The predicted molar refractivity (Wildman–Crippen MR) is 82.7 cm³/mol. The lowest BCUT2D eigenvalue weighted by Gasteiger charge is -1.99. The molecule has 7 heteroatoms. The first-order valence-electron chi connectivity index (χ1n) is 6.19. The summed E-state index contributed by atoms with van der Waals surface area (Å²) in [6.45, 7) is 1.94. The standard InChI is InChI=1S/C14H12FN3OS2/c1-8-6-11(16)21-13(8)14-17-12(18-19-14)7-20-10-5-3-2-4-9(10)15/h2-6H,7,16H2,1H3. The molecule has 0 radical (unpaired) electrons. The predicted octanol–water partition coefficient (Wildman–Crippen LogP) is 4.12. The summed E-state index contributed by atoms with van der Waals surface area (Å²) in [4.78, 5) is 5.78. The van der Waals surface area contributed by atoms with Gasteiger partial charge in [0, 0.05) is 4.90 Å². The molecule has 4 nitrogen and oxygen atoms in total. The quantitative estimate of drug-likeness (QED) is 0.732. The fourth-order valence-corrected chi connectivity index (χ4v) is 3.47. The molecule has 2 heterocycles. The molecule has 2 N–H and O–H groups in total. The topological polar surface area (TPSA) is 64.9 Å². The Hall–Kier alpha value is -1.86. The molecule has 0 unspecified atom stereocenters. The van der Waals surface area contributed by atoms with Crippen molar-refractivity contribution in [1.82, 2.24) is 10.1 Å². The van der Waals surface area contributed by atoms with E-state index in [1.54, 1.807) is 18.2 Å². The molecule has 0 aliphatic heterocycles. The number of benzene rings is 1. The maximum absolute atomic E-state index is 13.5. The number of hydrogen-bond donors (Lipinski definition) is 1. The number of hydrogen-bond acceptors (Lipinski definition) is 6. The lowest BCUT2D eigenvalue weighted by Crippen LogP contribution is -1.86. The third kappa shape index (κ3) is 3.08. The monoisotopic (exact) mass is 321 g/mol. The van der Waals surface area contributed by atoms with E-state index in [1.807, 2.05) is 13.0 Å². The number of anilines is 1. The summed E-state index contributed by atoms with van der Waals surface area (Å²) in [6, 6.07) is 8.49. The molecule has 0 fully saturated rings. The number of thioether (sulfide) groups is 1. The van der Waals surface area contributed by atoms with Crippen molar-refractivity contribution in [3.05, 3.63) is 47.5 Å². The molecule has 1 aromatic carbocycles. The molecule has 3 rings (SSSR count). The lowest BCUT2D eigenvalue weighted by atomic mass is 10.3. The average Bonchev–Trinajstić information content (AvgIpc) is 3.04. The summed E-state index contributed by atoms with van der Waals surface area (Å²) < 4.78 is 18.8. The first kappa shape index (κ1) is 14.1. The first-order chi connectivity index (χ1) is 10.1. The zero-order chi connectivity index (χ0) is 14.8. The Kier molecular flexibility index (Phi) is 3.94. The van der Waals surface area contributed by atoms with Crippen molar-refractivity contribution in [3.63, 3.8) is 0 Å². The van der Waals surface area contributed by atoms with E-state index >= 15 is 0 Å². The van der Waals surface area contributed by atoms with E-state index in [4.69, 9.17) is 10.3 Å². The van der Waals surface area contributed by atoms with Crippen LogP contribution in [0.2, 0.25) is 0 Å². The second kappa shape index (κ2) is 5.87. The zero-order valence-corrected chi connectivity index (χ0v) is 12.8. The Morgan fingerprint density at radius 3 is 2.90 bits per heavy atom.